The number of aliphatic imine (C=N–C) groups is 3. The highest BCUT2D eigenvalue weighted by Gasteiger charge is 2.97. The van der Waals surface area contributed by atoms with Crippen LogP contribution in [0.15, 0.2) is 119 Å². The second kappa shape index (κ2) is 18.7. The maximum absolute atomic E-state index is 14.7. The van der Waals surface area contributed by atoms with Gasteiger partial charge in [0.2, 0.25) is 0 Å². The number of carbonyl (C=O) groups excluding carboxylic acids is 1. The minimum atomic E-state index is -9.30. The molecule has 76 heavy (non-hydrogen) atoms. The first-order valence-corrected chi connectivity index (χ1v) is 21.9. The van der Waals surface area contributed by atoms with Gasteiger partial charge in [0.15, 0.2) is 0 Å². The third kappa shape index (κ3) is 8.75. The monoisotopic (exact) mass is 1120 g/mol. The highest BCUT2D eigenvalue weighted by atomic mass is 19.4. The van der Waals surface area contributed by atoms with Crippen molar-refractivity contribution in [3.63, 3.8) is 0 Å². The van der Waals surface area contributed by atoms with E-state index >= 15 is 0 Å². The number of rotatable bonds is 17. The van der Waals surface area contributed by atoms with Crippen LogP contribution in [0.5, 0.6) is 0 Å². The number of esters is 1. The molecule has 0 unspecified atom stereocenters. The Bertz CT molecular complexity index is 2920. The van der Waals surface area contributed by atoms with E-state index in [4.69, 9.17) is 15.0 Å². The van der Waals surface area contributed by atoms with Crippen LogP contribution in [-0.2, 0) is 14.3 Å². The lowest BCUT2D eigenvalue weighted by Crippen LogP contribution is -2.76. The van der Waals surface area contributed by atoms with Gasteiger partial charge in [0.1, 0.15) is 5.76 Å². The molecule has 5 aliphatic heterocycles. The molecule has 0 spiro atoms. The molecule has 5 heterocycles. The molecule has 418 valence electrons. The van der Waals surface area contributed by atoms with Gasteiger partial charge < -0.3 is 20.3 Å². The van der Waals surface area contributed by atoms with Crippen LogP contribution in [-0.4, -0.2) is 105 Å². The Morgan fingerprint density at radius 3 is 1.74 bits per heavy atom. The van der Waals surface area contributed by atoms with Gasteiger partial charge in [-0.15, -0.1) is 0 Å². The summed E-state index contributed by atoms with van der Waals surface area (Å²) < 4.78 is 296. The summed E-state index contributed by atoms with van der Waals surface area (Å²) in [6.07, 6.45) is -5.15. The molecule has 30 heteroatoms. The molecule has 0 aromatic rings. The number of carbonyl (C=O) groups is 2. The SMILES string of the molecule is CCC1=C(C)C2=NC1=CC1=C(C)C3=C(O)CC(=C4NC(=CC5=NC(=C2)C(/C=C/C(=O)O)=C5C)[C@@H](C)[C@@H]4CCC(=O)OCCC(F)(F)C(F)(F)C(F)(F)C(F)(F)C(F)(F)C(F)(F)C(F)(F)C(F)(F)C(F)(F)C(F)(F)F)C3=N1. The molecular formula is C46H37F21N4O5. The fourth-order valence-electron chi connectivity index (χ4n) is 8.88. The van der Waals surface area contributed by atoms with Crippen molar-refractivity contribution in [2.45, 2.75) is 126 Å². The lowest BCUT2D eigenvalue weighted by atomic mass is 9.86. The number of carboxylic acid groups (broad SMARTS) is 1. The van der Waals surface area contributed by atoms with Crippen molar-refractivity contribution in [2.24, 2.45) is 26.8 Å². The molecular weight excluding hydrogens is 1090 g/mol. The first kappa shape index (κ1) is 59.0. The number of aliphatic hydroxyl groups is 1. The molecule has 1 fully saturated rings. The number of hydrogen-bond acceptors (Lipinski definition) is 8. The number of alkyl halides is 21. The number of nitrogens with one attached hydrogen (secondary N) is 1. The highest BCUT2D eigenvalue weighted by Crippen LogP contribution is 2.66. The molecule has 1 aliphatic carbocycles. The largest absolute Gasteiger partial charge is 0.511 e. The first-order valence-electron chi connectivity index (χ1n) is 21.9. The topological polar surface area (TPSA) is 133 Å². The Labute approximate surface area is 414 Å². The molecule has 2 atom stereocenters. The number of fused-ring (bicyclic) bond motifs is 5. The van der Waals surface area contributed by atoms with E-state index in [1.54, 1.807) is 39.0 Å². The number of ether oxygens (including phenoxy) is 1. The van der Waals surface area contributed by atoms with E-state index in [0.29, 0.717) is 62.8 Å². The van der Waals surface area contributed by atoms with E-state index in [9.17, 15) is 112 Å². The molecule has 8 bridgehead atoms. The molecule has 1 saturated heterocycles. The second-order valence-corrected chi connectivity index (χ2v) is 18.0. The smallest absolute Gasteiger partial charge is 0.460 e. The minimum absolute atomic E-state index is 0.152. The lowest BCUT2D eigenvalue weighted by Gasteiger charge is -2.44. The molecule has 0 radical (unpaired) electrons. The molecule has 6 aliphatic rings. The van der Waals surface area contributed by atoms with Crippen molar-refractivity contribution in [3.05, 3.63) is 104 Å². The zero-order valence-corrected chi connectivity index (χ0v) is 39.2. The van der Waals surface area contributed by atoms with Gasteiger partial charge in [0, 0.05) is 58.9 Å². The molecule has 6 rings (SSSR count). The molecule has 0 aromatic carbocycles. The summed E-state index contributed by atoms with van der Waals surface area (Å²) in [5, 5.41) is 23.9. The van der Waals surface area contributed by atoms with E-state index in [0.717, 1.165) is 17.2 Å². The average molecular weight is 1120 g/mol. The zero-order chi connectivity index (χ0) is 57.9. The standard InChI is InChI=1S/C46H37F21N4O5/c1-6-21-17(2)26-15-30-22(7-9-32(73)74)18(3)25(69-30)14-27-19(4)23(35(70-27)24-13-31(72)34-20(5)28(71-36(24)34)16-29(21)68-26)8-10-33(75)76-12-11-37(47,48)38(49,50)39(51,52)40(53,54)41(55,56)42(57,58)43(59,60)44(61,62)45(63,64)46(65,66)67/h7,9,14-16,19,23,70,72H,6,8,10-13H2,1-5H3,(H,73,74)/b9-7+,27-14?,29-16?,30-15?,35-24?/t19-,23-/m0/s1. The number of aliphatic hydroxyl groups excluding tert-OH is 1. The predicted octanol–water partition coefficient (Wildman–Crippen LogP) is 13.3. The number of allylic oxidation sites excluding steroid dienone is 12. The van der Waals surface area contributed by atoms with Crippen molar-refractivity contribution in [2.75, 3.05) is 6.61 Å². The Hall–Kier alpha value is -6.26. The van der Waals surface area contributed by atoms with Gasteiger partial charge >= 0.3 is 71.4 Å². The Kier molecular flexibility index (Phi) is 14.5. The van der Waals surface area contributed by atoms with Crippen molar-refractivity contribution in [1.29, 1.82) is 0 Å². The number of carboxylic acids is 1. The van der Waals surface area contributed by atoms with Crippen LogP contribution in [0, 0.1) is 11.8 Å². The van der Waals surface area contributed by atoms with Crippen LogP contribution in [0.1, 0.15) is 66.7 Å². The number of hydrogen-bond donors (Lipinski definition) is 3. The van der Waals surface area contributed by atoms with Gasteiger partial charge in [-0.2, -0.15) is 92.2 Å². The van der Waals surface area contributed by atoms with E-state index in [-0.39, 0.29) is 29.3 Å². The summed E-state index contributed by atoms with van der Waals surface area (Å²) in [4.78, 5) is 38.9. The van der Waals surface area contributed by atoms with Gasteiger partial charge in [0.05, 0.1) is 47.3 Å². The van der Waals surface area contributed by atoms with Gasteiger partial charge in [-0.25, -0.2) is 19.8 Å². The van der Waals surface area contributed by atoms with Crippen molar-refractivity contribution >= 4 is 29.1 Å². The molecule has 0 saturated carbocycles. The number of aliphatic carboxylic acids is 1. The summed E-state index contributed by atoms with van der Waals surface area (Å²) in [5.41, 5.74) is 6.43. The third-order valence-corrected chi connectivity index (χ3v) is 13.4. The molecule has 0 aromatic heterocycles. The number of nitrogens with zero attached hydrogens (tertiary/aromatic N) is 3. The summed E-state index contributed by atoms with van der Waals surface area (Å²) in [7, 11) is 0. The van der Waals surface area contributed by atoms with E-state index < -0.39 is 109 Å². The van der Waals surface area contributed by atoms with Crippen LogP contribution in [0.4, 0.5) is 92.2 Å². The van der Waals surface area contributed by atoms with Gasteiger partial charge in [0.25, 0.3) is 0 Å². The van der Waals surface area contributed by atoms with Crippen LogP contribution in [0.3, 0.4) is 0 Å². The van der Waals surface area contributed by atoms with Crippen LogP contribution < -0.4 is 5.32 Å². The molecule has 9 nitrogen and oxygen atoms in total. The minimum Gasteiger partial charge on any atom is -0.511 e. The Morgan fingerprint density at radius 2 is 1.21 bits per heavy atom. The summed E-state index contributed by atoms with van der Waals surface area (Å²) in [6.45, 7) is 6.36. The van der Waals surface area contributed by atoms with Crippen molar-refractivity contribution < 1.29 is 117 Å². The van der Waals surface area contributed by atoms with Gasteiger partial charge in [-0.3, -0.25) is 4.79 Å². The zero-order valence-electron chi connectivity index (χ0n) is 39.2. The summed E-state index contributed by atoms with van der Waals surface area (Å²) in [5.74, 6) is -83.1. The third-order valence-electron chi connectivity index (χ3n) is 13.4. The Morgan fingerprint density at radius 1 is 0.697 bits per heavy atom. The van der Waals surface area contributed by atoms with E-state index in [1.165, 1.54) is 6.08 Å². The maximum atomic E-state index is 14.7. The fraction of sp³-hybridized carbons (Fsp3) is 0.500. The van der Waals surface area contributed by atoms with Crippen LogP contribution in [0.25, 0.3) is 0 Å². The van der Waals surface area contributed by atoms with Gasteiger partial charge in [-0.05, 0) is 80.2 Å². The average Bonchev–Trinajstić information content (AvgIpc) is 4.05. The highest BCUT2D eigenvalue weighted by molar-refractivity contribution is 6.21. The van der Waals surface area contributed by atoms with Crippen molar-refractivity contribution in [1.82, 2.24) is 5.32 Å². The van der Waals surface area contributed by atoms with Crippen LogP contribution >= 0.6 is 0 Å². The first-order chi connectivity index (χ1) is 34.4. The molecule has 3 N–H and O–H groups in total. The van der Waals surface area contributed by atoms with Gasteiger partial charge in [-0.1, -0.05) is 13.8 Å². The summed E-state index contributed by atoms with van der Waals surface area (Å²) >= 11 is 0. The molecule has 0 amide bonds. The van der Waals surface area contributed by atoms with E-state index in [2.05, 4.69) is 10.1 Å². The quantitative estimate of drug-likeness (QED) is 0.0755. The lowest BCUT2D eigenvalue weighted by molar-refractivity contribution is -0.474. The van der Waals surface area contributed by atoms with E-state index in [1.807, 2.05) is 13.8 Å². The normalized spacial score (nSPS) is 21.4. The number of halogens is 21. The predicted molar refractivity (Wildman–Crippen MR) is 224 cm³/mol. The summed E-state index contributed by atoms with van der Waals surface area (Å²) in [6, 6.07) is 0. The second-order valence-electron chi connectivity index (χ2n) is 18.0. The van der Waals surface area contributed by atoms with Crippen molar-refractivity contribution in [3.8, 4) is 0 Å². The maximum Gasteiger partial charge on any atom is 0.460 e. The Balaban J connectivity index is 1.27. The van der Waals surface area contributed by atoms with Crippen LogP contribution in [0.2, 0.25) is 0 Å². The fourth-order valence-corrected chi connectivity index (χ4v) is 8.88.